The van der Waals surface area contributed by atoms with Crippen molar-refractivity contribution in [2.75, 3.05) is 18.2 Å². The molecule has 1 amide bonds. The first kappa shape index (κ1) is 17.8. The summed E-state index contributed by atoms with van der Waals surface area (Å²) in [5.41, 5.74) is 1.03. The SMILES string of the molecule is COc1ccc(Cl)cc1NC(=O)CSc1nc2ccsc2c(=O)n1C. The minimum absolute atomic E-state index is 0.103. The van der Waals surface area contributed by atoms with Gasteiger partial charge in [0.2, 0.25) is 5.91 Å². The number of benzene rings is 1. The number of carbonyl (C=O) groups excluding carboxylic acids is 1. The second-order valence-corrected chi connectivity index (χ2v) is 7.37. The molecule has 0 spiro atoms. The molecule has 0 radical (unpaired) electrons. The first-order chi connectivity index (χ1) is 12.0. The fourth-order valence-corrected chi connectivity index (χ4v) is 3.94. The molecule has 9 heteroatoms. The molecular formula is C16H14ClN3O3S2. The molecule has 0 aliphatic rings. The molecular weight excluding hydrogens is 382 g/mol. The van der Waals surface area contributed by atoms with E-state index in [-0.39, 0.29) is 17.2 Å². The topological polar surface area (TPSA) is 73.2 Å². The molecule has 25 heavy (non-hydrogen) atoms. The number of thiophene rings is 1. The molecule has 0 fully saturated rings. The summed E-state index contributed by atoms with van der Waals surface area (Å²) in [5.74, 6) is 0.379. The van der Waals surface area contributed by atoms with Crippen molar-refractivity contribution in [2.24, 2.45) is 7.05 Å². The number of nitrogens with one attached hydrogen (secondary N) is 1. The van der Waals surface area contributed by atoms with E-state index >= 15 is 0 Å². The van der Waals surface area contributed by atoms with Crippen molar-refractivity contribution in [2.45, 2.75) is 5.16 Å². The van der Waals surface area contributed by atoms with Gasteiger partial charge in [-0.15, -0.1) is 11.3 Å². The highest BCUT2D eigenvalue weighted by atomic mass is 35.5. The lowest BCUT2D eigenvalue weighted by Crippen LogP contribution is -2.20. The molecule has 3 aromatic rings. The molecule has 1 aromatic carbocycles. The number of ether oxygens (including phenoxy) is 1. The number of aromatic nitrogens is 2. The third-order valence-corrected chi connectivity index (χ3v) is 5.57. The third kappa shape index (κ3) is 3.81. The minimum atomic E-state index is -0.245. The van der Waals surface area contributed by atoms with Gasteiger partial charge in [-0.2, -0.15) is 0 Å². The lowest BCUT2D eigenvalue weighted by molar-refractivity contribution is -0.113. The molecule has 0 atom stereocenters. The van der Waals surface area contributed by atoms with E-state index in [0.717, 1.165) is 0 Å². The number of hydrogen-bond donors (Lipinski definition) is 1. The zero-order valence-electron chi connectivity index (χ0n) is 13.4. The molecule has 0 unspecified atom stereocenters. The van der Waals surface area contributed by atoms with Crippen LogP contribution in [0.25, 0.3) is 10.2 Å². The molecule has 0 aliphatic carbocycles. The zero-order valence-corrected chi connectivity index (χ0v) is 15.8. The van der Waals surface area contributed by atoms with E-state index in [4.69, 9.17) is 16.3 Å². The van der Waals surface area contributed by atoms with Crippen LogP contribution < -0.4 is 15.6 Å². The number of anilines is 1. The molecule has 0 saturated carbocycles. The summed E-state index contributed by atoms with van der Waals surface area (Å²) in [4.78, 5) is 28.9. The standard InChI is InChI=1S/C16H14ClN3O3S2/c1-20-15(22)14-10(5-6-24-14)19-16(20)25-8-13(21)18-11-7-9(17)3-4-12(11)23-2/h3-7H,8H2,1-2H3,(H,18,21). The Morgan fingerprint density at radius 1 is 1.44 bits per heavy atom. The van der Waals surface area contributed by atoms with Crippen molar-refractivity contribution >= 4 is 56.5 Å². The summed E-state index contributed by atoms with van der Waals surface area (Å²) in [6.07, 6.45) is 0. The van der Waals surface area contributed by atoms with Gasteiger partial charge in [-0.25, -0.2) is 4.98 Å². The number of fused-ring (bicyclic) bond motifs is 1. The van der Waals surface area contributed by atoms with Crippen LogP contribution in [0, 0.1) is 0 Å². The van der Waals surface area contributed by atoms with Gasteiger partial charge in [-0.05, 0) is 29.6 Å². The Kier molecular flexibility index (Phi) is 5.31. The number of methoxy groups -OCH3 is 1. The molecule has 1 N–H and O–H groups in total. The summed E-state index contributed by atoms with van der Waals surface area (Å²) in [6, 6.07) is 6.78. The van der Waals surface area contributed by atoms with E-state index in [9.17, 15) is 9.59 Å². The van der Waals surface area contributed by atoms with Gasteiger partial charge >= 0.3 is 0 Å². The summed E-state index contributed by atoms with van der Waals surface area (Å²) in [6.45, 7) is 0. The van der Waals surface area contributed by atoms with E-state index in [1.165, 1.54) is 34.8 Å². The Morgan fingerprint density at radius 2 is 2.24 bits per heavy atom. The van der Waals surface area contributed by atoms with Crippen LogP contribution in [0.3, 0.4) is 0 Å². The van der Waals surface area contributed by atoms with Gasteiger partial charge < -0.3 is 10.1 Å². The van der Waals surface area contributed by atoms with Crippen molar-refractivity contribution < 1.29 is 9.53 Å². The first-order valence-corrected chi connectivity index (χ1v) is 9.44. The lowest BCUT2D eigenvalue weighted by atomic mass is 10.3. The monoisotopic (exact) mass is 395 g/mol. The van der Waals surface area contributed by atoms with Gasteiger partial charge in [0, 0.05) is 12.1 Å². The van der Waals surface area contributed by atoms with Gasteiger partial charge in [0.25, 0.3) is 5.56 Å². The first-order valence-electron chi connectivity index (χ1n) is 7.20. The normalized spacial score (nSPS) is 10.8. The Morgan fingerprint density at radius 3 is 3.00 bits per heavy atom. The Bertz CT molecular complexity index is 1000. The van der Waals surface area contributed by atoms with Crippen LogP contribution in [0.2, 0.25) is 5.02 Å². The van der Waals surface area contributed by atoms with Crippen molar-refractivity contribution in [3.63, 3.8) is 0 Å². The Hall–Kier alpha value is -2.03. The molecule has 2 heterocycles. The Balaban J connectivity index is 1.74. The lowest BCUT2D eigenvalue weighted by Gasteiger charge is -2.11. The number of hydrogen-bond acceptors (Lipinski definition) is 6. The fraction of sp³-hybridized carbons (Fsp3) is 0.188. The number of carbonyl (C=O) groups is 1. The summed E-state index contributed by atoms with van der Waals surface area (Å²) < 4.78 is 7.27. The van der Waals surface area contributed by atoms with Crippen molar-refractivity contribution in [1.29, 1.82) is 0 Å². The van der Waals surface area contributed by atoms with Crippen molar-refractivity contribution in [3.8, 4) is 5.75 Å². The van der Waals surface area contributed by atoms with Gasteiger partial charge in [-0.3, -0.25) is 14.2 Å². The average molecular weight is 396 g/mol. The van der Waals surface area contributed by atoms with E-state index in [1.54, 1.807) is 31.3 Å². The summed E-state index contributed by atoms with van der Waals surface area (Å²) in [5, 5.41) is 5.57. The van der Waals surface area contributed by atoms with Crippen LogP contribution in [0.15, 0.2) is 39.6 Å². The predicted molar refractivity (Wildman–Crippen MR) is 102 cm³/mol. The maximum atomic E-state index is 12.3. The van der Waals surface area contributed by atoms with Gasteiger partial charge in [-0.1, -0.05) is 23.4 Å². The average Bonchev–Trinajstić information content (AvgIpc) is 3.05. The number of thioether (sulfide) groups is 1. The number of halogens is 1. The molecule has 3 rings (SSSR count). The van der Waals surface area contributed by atoms with E-state index in [0.29, 0.717) is 31.8 Å². The molecule has 2 aromatic heterocycles. The van der Waals surface area contributed by atoms with E-state index in [1.807, 2.05) is 5.38 Å². The fourth-order valence-electron chi connectivity index (χ4n) is 2.19. The molecule has 130 valence electrons. The van der Waals surface area contributed by atoms with Gasteiger partial charge in [0.15, 0.2) is 5.16 Å². The second-order valence-electron chi connectivity index (χ2n) is 5.07. The number of nitrogens with zero attached hydrogens (tertiary/aromatic N) is 2. The summed E-state index contributed by atoms with van der Waals surface area (Å²) >= 11 is 8.51. The van der Waals surface area contributed by atoms with Crippen LogP contribution in [-0.4, -0.2) is 28.3 Å². The molecule has 0 bridgehead atoms. The third-order valence-electron chi connectivity index (χ3n) is 3.41. The number of rotatable bonds is 5. The maximum Gasteiger partial charge on any atom is 0.271 e. The number of amides is 1. The van der Waals surface area contributed by atoms with Gasteiger partial charge in [0.1, 0.15) is 10.4 Å². The molecule has 0 saturated heterocycles. The maximum absolute atomic E-state index is 12.3. The second kappa shape index (κ2) is 7.47. The largest absolute Gasteiger partial charge is 0.495 e. The quantitative estimate of drug-likeness (QED) is 0.529. The predicted octanol–water partition coefficient (Wildman–Crippen LogP) is 3.39. The molecule has 0 aliphatic heterocycles. The Labute approximate surface area is 156 Å². The highest BCUT2D eigenvalue weighted by Gasteiger charge is 2.13. The zero-order chi connectivity index (χ0) is 18.0. The highest BCUT2D eigenvalue weighted by Crippen LogP contribution is 2.28. The highest BCUT2D eigenvalue weighted by molar-refractivity contribution is 7.99. The van der Waals surface area contributed by atoms with E-state index < -0.39 is 0 Å². The van der Waals surface area contributed by atoms with Crippen LogP contribution in [0.4, 0.5) is 5.69 Å². The smallest absolute Gasteiger partial charge is 0.271 e. The van der Waals surface area contributed by atoms with E-state index in [2.05, 4.69) is 10.3 Å². The minimum Gasteiger partial charge on any atom is -0.495 e. The van der Waals surface area contributed by atoms with Crippen LogP contribution in [0.1, 0.15) is 0 Å². The molecule has 6 nitrogen and oxygen atoms in total. The van der Waals surface area contributed by atoms with Crippen LogP contribution in [-0.2, 0) is 11.8 Å². The van der Waals surface area contributed by atoms with Crippen molar-refractivity contribution in [1.82, 2.24) is 9.55 Å². The van der Waals surface area contributed by atoms with Crippen LogP contribution >= 0.6 is 34.7 Å². The summed E-state index contributed by atoms with van der Waals surface area (Å²) in [7, 11) is 3.16. The van der Waals surface area contributed by atoms with Gasteiger partial charge in [0.05, 0.1) is 24.1 Å². The van der Waals surface area contributed by atoms with Crippen molar-refractivity contribution in [3.05, 3.63) is 45.0 Å². The van der Waals surface area contributed by atoms with Crippen LogP contribution in [0.5, 0.6) is 5.75 Å².